The van der Waals surface area contributed by atoms with E-state index >= 15 is 0 Å². The van der Waals surface area contributed by atoms with Gasteiger partial charge >= 0.3 is 6.18 Å². The first-order valence-corrected chi connectivity index (χ1v) is 5.50. The summed E-state index contributed by atoms with van der Waals surface area (Å²) in [5, 5.41) is 2.51. The second kappa shape index (κ2) is 5.12. The van der Waals surface area contributed by atoms with Crippen LogP contribution in [0.15, 0.2) is 60.7 Å². The third-order valence-corrected chi connectivity index (χ3v) is 2.55. The summed E-state index contributed by atoms with van der Waals surface area (Å²) in [6, 6.07) is 14.5. The van der Waals surface area contributed by atoms with Crippen LogP contribution in [0.5, 0.6) is 0 Å². The van der Waals surface area contributed by atoms with Crippen LogP contribution in [-0.4, -0.2) is 6.18 Å². The Kier molecular flexibility index (Phi) is 3.55. The minimum Gasteiger partial charge on any atom is -0.370 e. The Bertz CT molecular complexity index is 479. The van der Waals surface area contributed by atoms with Crippen molar-refractivity contribution >= 4 is 5.69 Å². The molecule has 0 saturated heterocycles. The highest BCUT2D eigenvalue weighted by Crippen LogP contribution is 2.35. The Labute approximate surface area is 103 Å². The van der Waals surface area contributed by atoms with Gasteiger partial charge in [-0.15, -0.1) is 0 Å². The van der Waals surface area contributed by atoms with E-state index in [2.05, 4.69) is 5.32 Å². The Morgan fingerprint density at radius 2 is 1.28 bits per heavy atom. The minimum absolute atomic E-state index is 0.203. The van der Waals surface area contributed by atoms with Crippen LogP contribution in [0.3, 0.4) is 0 Å². The van der Waals surface area contributed by atoms with Gasteiger partial charge in [0.15, 0.2) is 0 Å². The molecule has 0 aliphatic rings. The minimum atomic E-state index is -4.34. The molecule has 0 spiro atoms. The van der Waals surface area contributed by atoms with Crippen LogP contribution in [0.1, 0.15) is 11.6 Å². The van der Waals surface area contributed by atoms with Crippen LogP contribution in [0.4, 0.5) is 18.9 Å². The molecule has 2 rings (SSSR count). The summed E-state index contributed by atoms with van der Waals surface area (Å²) in [4.78, 5) is 0. The summed E-state index contributed by atoms with van der Waals surface area (Å²) in [5.41, 5.74) is 0.650. The number of rotatable bonds is 3. The van der Waals surface area contributed by atoms with Gasteiger partial charge in [-0.1, -0.05) is 48.5 Å². The first kappa shape index (κ1) is 12.5. The second-order valence-electron chi connectivity index (χ2n) is 3.90. The number of para-hydroxylation sites is 1. The van der Waals surface area contributed by atoms with E-state index in [1.165, 1.54) is 12.1 Å². The number of anilines is 1. The lowest BCUT2D eigenvalue weighted by Crippen LogP contribution is -2.27. The van der Waals surface area contributed by atoms with Gasteiger partial charge in [-0.25, -0.2) is 0 Å². The summed E-state index contributed by atoms with van der Waals surface area (Å²) in [6.45, 7) is 0. The number of hydrogen-bond donors (Lipinski definition) is 1. The molecular weight excluding hydrogens is 239 g/mol. The number of hydrogen-bond acceptors (Lipinski definition) is 1. The largest absolute Gasteiger partial charge is 0.412 e. The van der Waals surface area contributed by atoms with Gasteiger partial charge in [-0.3, -0.25) is 0 Å². The lowest BCUT2D eigenvalue weighted by molar-refractivity contribution is -0.144. The quantitative estimate of drug-likeness (QED) is 0.852. The third-order valence-electron chi connectivity index (χ3n) is 2.55. The van der Waals surface area contributed by atoms with E-state index in [4.69, 9.17) is 0 Å². The van der Waals surface area contributed by atoms with Gasteiger partial charge in [-0.05, 0) is 17.7 Å². The molecule has 1 unspecified atom stereocenters. The average molecular weight is 251 g/mol. The highest BCUT2D eigenvalue weighted by Gasteiger charge is 2.40. The Hall–Kier alpha value is -1.97. The molecule has 0 aliphatic carbocycles. The van der Waals surface area contributed by atoms with Crippen molar-refractivity contribution in [3.63, 3.8) is 0 Å². The summed E-state index contributed by atoms with van der Waals surface area (Å²) >= 11 is 0. The summed E-state index contributed by atoms with van der Waals surface area (Å²) < 4.78 is 39.1. The van der Waals surface area contributed by atoms with Crippen molar-refractivity contribution in [2.45, 2.75) is 12.2 Å². The van der Waals surface area contributed by atoms with Gasteiger partial charge in [0.25, 0.3) is 0 Å². The predicted molar refractivity (Wildman–Crippen MR) is 65.3 cm³/mol. The molecule has 0 saturated carbocycles. The van der Waals surface area contributed by atoms with Gasteiger partial charge < -0.3 is 5.32 Å². The van der Waals surface area contributed by atoms with Gasteiger partial charge in [0, 0.05) is 5.69 Å². The molecule has 18 heavy (non-hydrogen) atoms. The number of nitrogens with one attached hydrogen (secondary N) is 1. The van der Waals surface area contributed by atoms with Gasteiger partial charge in [0.2, 0.25) is 0 Å². The number of alkyl halides is 3. The Balaban J connectivity index is 2.28. The maximum atomic E-state index is 13.0. The SMILES string of the molecule is FC(F)(F)C(Nc1ccccc1)c1ccccc1. The molecule has 0 radical (unpaired) electrons. The topological polar surface area (TPSA) is 12.0 Å². The van der Waals surface area contributed by atoms with Crippen molar-refractivity contribution in [2.75, 3.05) is 5.32 Å². The molecule has 1 N–H and O–H groups in total. The van der Waals surface area contributed by atoms with Crippen molar-refractivity contribution < 1.29 is 13.2 Å². The molecule has 1 nitrogen and oxygen atoms in total. The molecule has 0 aromatic heterocycles. The van der Waals surface area contributed by atoms with E-state index in [9.17, 15) is 13.2 Å². The van der Waals surface area contributed by atoms with Crippen LogP contribution in [0.25, 0.3) is 0 Å². The van der Waals surface area contributed by atoms with Gasteiger partial charge in [0.1, 0.15) is 6.04 Å². The first-order chi connectivity index (χ1) is 8.57. The van der Waals surface area contributed by atoms with Crippen LogP contribution < -0.4 is 5.32 Å². The maximum Gasteiger partial charge on any atom is 0.412 e. The zero-order valence-corrected chi connectivity index (χ0v) is 9.48. The molecule has 0 amide bonds. The van der Waals surface area contributed by atoms with Gasteiger partial charge in [-0.2, -0.15) is 13.2 Å². The number of benzene rings is 2. The number of halogens is 3. The smallest absolute Gasteiger partial charge is 0.370 e. The van der Waals surface area contributed by atoms with Crippen LogP contribution in [0.2, 0.25) is 0 Å². The van der Waals surface area contributed by atoms with Gasteiger partial charge in [0.05, 0.1) is 0 Å². The summed E-state index contributed by atoms with van der Waals surface area (Å²) in [6.07, 6.45) is -4.34. The van der Waals surface area contributed by atoms with E-state index in [0.717, 1.165) is 0 Å². The highest BCUT2D eigenvalue weighted by molar-refractivity contribution is 5.45. The van der Waals surface area contributed by atoms with E-state index in [1.807, 2.05) is 0 Å². The Morgan fingerprint density at radius 1 is 0.778 bits per heavy atom. The highest BCUT2D eigenvalue weighted by atomic mass is 19.4. The van der Waals surface area contributed by atoms with Crippen molar-refractivity contribution in [3.05, 3.63) is 66.2 Å². The average Bonchev–Trinajstić information content (AvgIpc) is 2.37. The van der Waals surface area contributed by atoms with Crippen molar-refractivity contribution in [1.29, 1.82) is 0 Å². The summed E-state index contributed by atoms with van der Waals surface area (Å²) in [7, 11) is 0. The van der Waals surface area contributed by atoms with Crippen LogP contribution in [0, 0.1) is 0 Å². The fraction of sp³-hybridized carbons (Fsp3) is 0.143. The molecule has 1 atom stereocenters. The third kappa shape index (κ3) is 3.03. The van der Waals surface area contributed by atoms with E-state index in [0.29, 0.717) is 5.69 Å². The fourth-order valence-electron chi connectivity index (χ4n) is 1.70. The standard InChI is InChI=1S/C14H12F3N/c15-14(16,17)13(11-7-3-1-4-8-11)18-12-9-5-2-6-10-12/h1-10,13,18H. The molecular formula is C14H12F3N. The monoisotopic (exact) mass is 251 g/mol. The molecule has 2 aromatic carbocycles. The van der Waals surface area contributed by atoms with Crippen LogP contribution in [-0.2, 0) is 0 Å². The first-order valence-electron chi connectivity index (χ1n) is 5.50. The molecule has 0 heterocycles. The molecule has 94 valence electrons. The summed E-state index contributed by atoms with van der Waals surface area (Å²) in [5.74, 6) is 0. The molecule has 4 heteroatoms. The Morgan fingerprint density at radius 3 is 1.78 bits per heavy atom. The zero-order valence-electron chi connectivity index (χ0n) is 9.48. The second-order valence-corrected chi connectivity index (χ2v) is 3.90. The molecule has 0 aliphatic heterocycles. The lowest BCUT2D eigenvalue weighted by atomic mass is 10.1. The van der Waals surface area contributed by atoms with E-state index < -0.39 is 12.2 Å². The van der Waals surface area contributed by atoms with Crippen LogP contribution >= 0.6 is 0 Å². The zero-order chi connectivity index (χ0) is 13.0. The molecule has 0 bridgehead atoms. The van der Waals surface area contributed by atoms with Crippen molar-refractivity contribution in [1.82, 2.24) is 0 Å². The fourth-order valence-corrected chi connectivity index (χ4v) is 1.70. The predicted octanol–water partition coefficient (Wildman–Crippen LogP) is 4.40. The van der Waals surface area contributed by atoms with Crippen molar-refractivity contribution in [2.24, 2.45) is 0 Å². The lowest BCUT2D eigenvalue weighted by Gasteiger charge is -2.23. The maximum absolute atomic E-state index is 13.0. The van der Waals surface area contributed by atoms with E-state index in [-0.39, 0.29) is 5.56 Å². The molecule has 0 fully saturated rings. The van der Waals surface area contributed by atoms with Crippen molar-refractivity contribution in [3.8, 4) is 0 Å². The molecule has 2 aromatic rings. The normalized spacial score (nSPS) is 13.1. The van der Waals surface area contributed by atoms with E-state index in [1.54, 1.807) is 48.5 Å².